The van der Waals surface area contributed by atoms with Gasteiger partial charge in [-0.1, -0.05) is 13.8 Å². The maximum atomic E-state index is 12.6. The SMILES string of the molecule is COc1ccc2c(c1)cc(C(=O)NCc1cncn1CC(C)C)n2C. The minimum Gasteiger partial charge on any atom is -0.497 e. The lowest BCUT2D eigenvalue weighted by Gasteiger charge is -2.11. The largest absolute Gasteiger partial charge is 0.497 e. The number of aromatic nitrogens is 3. The number of carbonyl (C=O) groups excluding carboxylic acids is 1. The molecule has 6 heteroatoms. The zero-order valence-electron chi connectivity index (χ0n) is 15.1. The molecule has 0 aliphatic rings. The van der Waals surface area contributed by atoms with Gasteiger partial charge in [-0.25, -0.2) is 4.98 Å². The van der Waals surface area contributed by atoms with Crippen LogP contribution in [0.5, 0.6) is 5.75 Å². The normalized spacial score (nSPS) is 11.2. The lowest BCUT2D eigenvalue weighted by molar-refractivity contribution is 0.0942. The van der Waals surface area contributed by atoms with Crippen molar-refractivity contribution in [3.05, 3.63) is 48.2 Å². The van der Waals surface area contributed by atoms with Crippen molar-refractivity contribution >= 4 is 16.8 Å². The van der Waals surface area contributed by atoms with Crippen molar-refractivity contribution in [1.29, 1.82) is 0 Å². The summed E-state index contributed by atoms with van der Waals surface area (Å²) in [6.45, 7) is 5.66. The Morgan fingerprint density at radius 3 is 2.84 bits per heavy atom. The van der Waals surface area contributed by atoms with E-state index in [2.05, 4.69) is 28.7 Å². The molecule has 3 rings (SSSR count). The van der Waals surface area contributed by atoms with Crippen molar-refractivity contribution in [2.75, 3.05) is 7.11 Å². The highest BCUT2D eigenvalue weighted by Crippen LogP contribution is 2.23. The van der Waals surface area contributed by atoms with Crippen molar-refractivity contribution in [2.24, 2.45) is 13.0 Å². The molecule has 0 saturated carbocycles. The van der Waals surface area contributed by atoms with E-state index in [0.29, 0.717) is 18.2 Å². The summed E-state index contributed by atoms with van der Waals surface area (Å²) in [6, 6.07) is 7.68. The van der Waals surface area contributed by atoms with Crippen molar-refractivity contribution in [1.82, 2.24) is 19.4 Å². The minimum absolute atomic E-state index is 0.102. The third kappa shape index (κ3) is 3.52. The molecule has 1 amide bonds. The lowest BCUT2D eigenvalue weighted by atomic mass is 10.2. The second-order valence-electron chi connectivity index (χ2n) is 6.63. The molecule has 0 radical (unpaired) electrons. The molecule has 0 unspecified atom stereocenters. The zero-order chi connectivity index (χ0) is 18.0. The van der Waals surface area contributed by atoms with Crippen LogP contribution in [-0.4, -0.2) is 27.1 Å². The first-order valence-electron chi connectivity index (χ1n) is 8.40. The Labute approximate surface area is 147 Å². The Morgan fingerprint density at radius 2 is 2.12 bits per heavy atom. The van der Waals surface area contributed by atoms with E-state index in [0.717, 1.165) is 28.9 Å². The van der Waals surface area contributed by atoms with Gasteiger partial charge in [0.05, 0.1) is 25.7 Å². The van der Waals surface area contributed by atoms with E-state index < -0.39 is 0 Å². The molecule has 0 saturated heterocycles. The molecule has 2 aromatic heterocycles. The first kappa shape index (κ1) is 17.1. The van der Waals surface area contributed by atoms with Gasteiger partial charge >= 0.3 is 0 Å². The second-order valence-corrected chi connectivity index (χ2v) is 6.63. The number of nitrogens with zero attached hydrogens (tertiary/aromatic N) is 3. The molecule has 0 atom stereocenters. The van der Waals surface area contributed by atoms with Crippen LogP contribution >= 0.6 is 0 Å². The van der Waals surface area contributed by atoms with Gasteiger partial charge in [-0.3, -0.25) is 4.79 Å². The van der Waals surface area contributed by atoms with Crippen LogP contribution in [0.1, 0.15) is 30.0 Å². The fraction of sp³-hybridized carbons (Fsp3) is 0.368. The average Bonchev–Trinajstić information content (AvgIpc) is 3.16. The number of benzene rings is 1. The van der Waals surface area contributed by atoms with Crippen LogP contribution in [0.2, 0.25) is 0 Å². The molecule has 6 nitrogen and oxygen atoms in total. The van der Waals surface area contributed by atoms with Gasteiger partial charge in [-0.2, -0.15) is 0 Å². The van der Waals surface area contributed by atoms with Crippen molar-refractivity contribution in [3.8, 4) is 5.75 Å². The number of imidazole rings is 1. The van der Waals surface area contributed by atoms with Crippen LogP contribution in [0.25, 0.3) is 10.9 Å². The van der Waals surface area contributed by atoms with E-state index in [-0.39, 0.29) is 5.91 Å². The third-order valence-corrected chi connectivity index (χ3v) is 4.27. The Kier molecular flexibility index (Phi) is 4.79. The molecular formula is C19H24N4O2. The van der Waals surface area contributed by atoms with Gasteiger partial charge in [0, 0.05) is 30.7 Å². The maximum Gasteiger partial charge on any atom is 0.268 e. The smallest absolute Gasteiger partial charge is 0.268 e. The van der Waals surface area contributed by atoms with Gasteiger partial charge in [0.2, 0.25) is 0 Å². The van der Waals surface area contributed by atoms with E-state index in [4.69, 9.17) is 4.74 Å². The summed E-state index contributed by atoms with van der Waals surface area (Å²) in [4.78, 5) is 16.8. The number of rotatable bonds is 6. The Hall–Kier alpha value is -2.76. The third-order valence-electron chi connectivity index (χ3n) is 4.27. The van der Waals surface area contributed by atoms with Crippen LogP contribution in [-0.2, 0) is 20.1 Å². The number of aryl methyl sites for hydroxylation is 1. The molecule has 0 fully saturated rings. The van der Waals surface area contributed by atoms with Crippen LogP contribution < -0.4 is 10.1 Å². The molecule has 3 aromatic rings. The lowest BCUT2D eigenvalue weighted by Crippen LogP contribution is -2.26. The molecule has 132 valence electrons. The standard InChI is InChI=1S/C19H24N4O2/c1-13(2)11-23-12-20-9-15(23)10-21-19(24)18-8-14-7-16(25-4)5-6-17(14)22(18)3/h5-9,12-13H,10-11H2,1-4H3,(H,21,24). The summed E-state index contributed by atoms with van der Waals surface area (Å²) in [6.07, 6.45) is 3.61. The van der Waals surface area contributed by atoms with Gasteiger partial charge in [-0.05, 0) is 30.2 Å². The van der Waals surface area contributed by atoms with Gasteiger partial charge in [0.15, 0.2) is 0 Å². The summed E-state index contributed by atoms with van der Waals surface area (Å²) >= 11 is 0. The molecule has 0 aliphatic heterocycles. The highest BCUT2D eigenvalue weighted by atomic mass is 16.5. The summed E-state index contributed by atoms with van der Waals surface area (Å²) in [7, 11) is 3.53. The minimum atomic E-state index is -0.102. The predicted molar refractivity (Wildman–Crippen MR) is 97.7 cm³/mol. The highest BCUT2D eigenvalue weighted by molar-refractivity contribution is 5.98. The number of fused-ring (bicyclic) bond motifs is 1. The van der Waals surface area contributed by atoms with E-state index in [1.807, 2.05) is 42.2 Å². The first-order valence-corrected chi connectivity index (χ1v) is 8.40. The number of carbonyl (C=O) groups is 1. The average molecular weight is 340 g/mol. The number of methoxy groups -OCH3 is 1. The molecule has 2 heterocycles. The summed E-state index contributed by atoms with van der Waals surface area (Å²) < 4.78 is 9.23. The quantitative estimate of drug-likeness (QED) is 0.750. The fourth-order valence-corrected chi connectivity index (χ4v) is 2.99. The number of hydrogen-bond donors (Lipinski definition) is 1. The molecule has 0 spiro atoms. The van der Waals surface area contributed by atoms with Crippen LogP contribution in [0.15, 0.2) is 36.8 Å². The summed E-state index contributed by atoms with van der Waals surface area (Å²) in [5.41, 5.74) is 2.62. The van der Waals surface area contributed by atoms with Crippen LogP contribution in [0.4, 0.5) is 0 Å². The summed E-state index contributed by atoms with van der Waals surface area (Å²) in [5, 5.41) is 3.98. The topological polar surface area (TPSA) is 61.1 Å². The monoisotopic (exact) mass is 340 g/mol. The molecule has 25 heavy (non-hydrogen) atoms. The van der Waals surface area contributed by atoms with E-state index >= 15 is 0 Å². The Morgan fingerprint density at radius 1 is 1.32 bits per heavy atom. The van der Waals surface area contributed by atoms with Gasteiger partial charge in [-0.15, -0.1) is 0 Å². The van der Waals surface area contributed by atoms with Gasteiger partial charge < -0.3 is 19.2 Å². The van der Waals surface area contributed by atoms with Crippen molar-refractivity contribution in [2.45, 2.75) is 26.9 Å². The Balaban J connectivity index is 1.76. The second kappa shape index (κ2) is 7.01. The highest BCUT2D eigenvalue weighted by Gasteiger charge is 2.14. The number of ether oxygens (including phenoxy) is 1. The van der Waals surface area contributed by atoms with Crippen LogP contribution in [0, 0.1) is 5.92 Å². The Bertz CT molecular complexity index is 892. The molecule has 1 N–H and O–H groups in total. The van der Waals surface area contributed by atoms with E-state index in [1.165, 1.54) is 0 Å². The number of hydrogen-bond acceptors (Lipinski definition) is 3. The molecule has 0 bridgehead atoms. The van der Waals surface area contributed by atoms with Crippen molar-refractivity contribution < 1.29 is 9.53 Å². The molecule has 1 aromatic carbocycles. The molecule has 0 aliphatic carbocycles. The maximum absolute atomic E-state index is 12.6. The zero-order valence-corrected chi connectivity index (χ0v) is 15.1. The van der Waals surface area contributed by atoms with Crippen LogP contribution in [0.3, 0.4) is 0 Å². The first-order chi connectivity index (χ1) is 12.0. The number of nitrogens with one attached hydrogen (secondary N) is 1. The summed E-state index contributed by atoms with van der Waals surface area (Å²) in [5.74, 6) is 1.20. The molecular weight excluding hydrogens is 316 g/mol. The van der Waals surface area contributed by atoms with Gasteiger partial charge in [0.1, 0.15) is 11.4 Å². The van der Waals surface area contributed by atoms with E-state index in [1.54, 1.807) is 13.3 Å². The number of amides is 1. The fourth-order valence-electron chi connectivity index (χ4n) is 2.99. The van der Waals surface area contributed by atoms with E-state index in [9.17, 15) is 4.79 Å². The van der Waals surface area contributed by atoms with Crippen molar-refractivity contribution in [3.63, 3.8) is 0 Å². The predicted octanol–water partition coefficient (Wildman–Crippen LogP) is 2.97. The van der Waals surface area contributed by atoms with Gasteiger partial charge in [0.25, 0.3) is 5.91 Å².